The number of rotatable bonds is 3. The number of hydrogen-bond donors (Lipinski definition) is 0. The number of carbonyl (C=O) groups excluding carboxylic acids is 1. The number of ether oxygens (including phenoxy) is 1. The summed E-state index contributed by atoms with van der Waals surface area (Å²) in [7, 11) is 0. The molecule has 1 aromatic rings. The molecule has 2 aliphatic heterocycles. The van der Waals surface area contributed by atoms with Gasteiger partial charge in [0.2, 0.25) is 0 Å². The number of piperazine rings is 1. The first kappa shape index (κ1) is 20.1. The van der Waals surface area contributed by atoms with Crippen LogP contribution in [0.4, 0.5) is 5.69 Å². The summed E-state index contributed by atoms with van der Waals surface area (Å²) in [5, 5.41) is 0. The highest BCUT2D eigenvalue weighted by atomic mass is 16.6. The summed E-state index contributed by atoms with van der Waals surface area (Å²) in [6, 6.07) is 8.77. The van der Waals surface area contributed by atoms with Gasteiger partial charge in [-0.05, 0) is 68.1 Å². The first-order valence-electron chi connectivity index (χ1n) is 11.8. The lowest BCUT2D eigenvalue weighted by Crippen LogP contribution is -2.50. The van der Waals surface area contributed by atoms with Crippen LogP contribution < -0.4 is 4.90 Å². The number of carbonyl (C=O) groups is 1. The van der Waals surface area contributed by atoms with Gasteiger partial charge in [0.1, 0.15) is 6.10 Å². The second kappa shape index (κ2) is 7.71. The normalized spacial score (nSPS) is 36.9. The maximum absolute atomic E-state index is 12.8. The van der Waals surface area contributed by atoms with Gasteiger partial charge in [0.15, 0.2) is 0 Å². The van der Waals surface area contributed by atoms with E-state index in [9.17, 15) is 4.79 Å². The molecule has 5 atom stereocenters. The fourth-order valence-electron chi connectivity index (χ4n) is 6.76. The lowest BCUT2D eigenvalue weighted by Gasteiger charge is -2.50. The minimum atomic E-state index is 0.0415. The maximum atomic E-state index is 12.8. The lowest BCUT2D eigenvalue weighted by atomic mass is 9.55. The molecule has 4 fully saturated rings. The van der Waals surface area contributed by atoms with Crippen LogP contribution in [-0.2, 0) is 9.53 Å². The Hall–Kier alpha value is -1.81. The Morgan fingerprint density at radius 2 is 2.03 bits per heavy atom. The van der Waals surface area contributed by atoms with Crippen LogP contribution in [0.2, 0.25) is 0 Å². The molecule has 0 N–H and O–H groups in total. The number of allylic oxidation sites excluding steroid dienone is 1. The molecule has 1 aromatic carbocycles. The summed E-state index contributed by atoms with van der Waals surface area (Å²) in [6.07, 6.45) is 5.92. The molecule has 0 amide bonds. The largest absolute Gasteiger partial charge is 0.462 e. The molecule has 162 valence electrons. The van der Waals surface area contributed by atoms with E-state index in [0.29, 0.717) is 11.8 Å². The Morgan fingerprint density at radius 1 is 1.23 bits per heavy atom. The predicted octanol–water partition coefficient (Wildman–Crippen LogP) is 4.43. The highest BCUT2D eigenvalue weighted by Gasteiger charge is 2.55. The topological polar surface area (TPSA) is 32.8 Å². The quantitative estimate of drug-likeness (QED) is 0.547. The van der Waals surface area contributed by atoms with Crippen molar-refractivity contribution in [3.8, 4) is 0 Å². The van der Waals surface area contributed by atoms with Gasteiger partial charge >= 0.3 is 5.97 Å². The second-order valence-electron chi connectivity index (χ2n) is 10.5. The van der Waals surface area contributed by atoms with Crippen LogP contribution in [0.1, 0.15) is 44.6 Å². The number of esters is 1. The molecule has 2 aliphatic carbocycles. The van der Waals surface area contributed by atoms with Crippen molar-refractivity contribution < 1.29 is 9.53 Å². The van der Waals surface area contributed by atoms with Gasteiger partial charge in [0.25, 0.3) is 0 Å². The Balaban J connectivity index is 1.23. The number of benzene rings is 1. The third-order valence-electron chi connectivity index (χ3n) is 8.51. The van der Waals surface area contributed by atoms with Crippen LogP contribution >= 0.6 is 0 Å². The van der Waals surface area contributed by atoms with Gasteiger partial charge in [-0.3, -0.25) is 9.69 Å². The predicted molar refractivity (Wildman–Crippen MR) is 121 cm³/mol. The van der Waals surface area contributed by atoms with E-state index in [0.717, 1.165) is 52.0 Å². The lowest BCUT2D eigenvalue weighted by molar-refractivity contribution is -0.146. The van der Waals surface area contributed by atoms with Crippen molar-refractivity contribution in [2.24, 2.45) is 23.2 Å². The summed E-state index contributed by atoms with van der Waals surface area (Å²) in [6.45, 7) is 13.9. The zero-order valence-electron chi connectivity index (χ0n) is 18.6. The average molecular weight is 409 g/mol. The molecule has 2 saturated heterocycles. The SMILES string of the molecule is C=C1CCC[C@]2(C)C[C@H]3OC(=O)[C@H](CN4CCN(c5cccc(C)c5)CC4)[C@H]3C[C@H]12. The summed E-state index contributed by atoms with van der Waals surface area (Å²) in [5.41, 5.74) is 4.33. The van der Waals surface area contributed by atoms with Gasteiger partial charge in [-0.15, -0.1) is 0 Å². The first-order chi connectivity index (χ1) is 14.4. The maximum Gasteiger partial charge on any atom is 0.310 e. The molecule has 4 nitrogen and oxygen atoms in total. The fraction of sp³-hybridized carbons (Fsp3) is 0.654. The van der Waals surface area contributed by atoms with Crippen molar-refractivity contribution in [2.75, 3.05) is 37.6 Å². The molecule has 2 heterocycles. The smallest absolute Gasteiger partial charge is 0.310 e. The third kappa shape index (κ3) is 3.57. The first-order valence-corrected chi connectivity index (χ1v) is 11.8. The van der Waals surface area contributed by atoms with Crippen molar-refractivity contribution in [3.05, 3.63) is 42.0 Å². The van der Waals surface area contributed by atoms with Crippen LogP contribution in [0, 0.1) is 30.1 Å². The van der Waals surface area contributed by atoms with Crippen molar-refractivity contribution in [1.82, 2.24) is 4.90 Å². The Labute approximate surface area is 181 Å². The highest BCUT2D eigenvalue weighted by molar-refractivity contribution is 5.75. The average Bonchev–Trinajstić information content (AvgIpc) is 3.01. The van der Waals surface area contributed by atoms with Crippen molar-refractivity contribution in [3.63, 3.8) is 0 Å². The van der Waals surface area contributed by atoms with E-state index in [4.69, 9.17) is 4.74 Å². The van der Waals surface area contributed by atoms with Crippen molar-refractivity contribution in [2.45, 2.75) is 52.1 Å². The minimum Gasteiger partial charge on any atom is -0.462 e. The number of nitrogens with zero attached hydrogens (tertiary/aromatic N) is 2. The van der Waals surface area contributed by atoms with Gasteiger partial charge in [0, 0.05) is 44.3 Å². The summed E-state index contributed by atoms with van der Waals surface area (Å²) in [5.74, 6) is 1.04. The molecular formula is C26H36N2O2. The van der Waals surface area contributed by atoms with Gasteiger partial charge in [-0.1, -0.05) is 31.2 Å². The molecule has 0 spiro atoms. The summed E-state index contributed by atoms with van der Waals surface area (Å²) in [4.78, 5) is 17.8. The second-order valence-corrected chi connectivity index (χ2v) is 10.5. The van der Waals surface area contributed by atoms with E-state index in [-0.39, 0.29) is 23.4 Å². The standard InChI is InChI=1S/C26H36N2O2/c1-18-6-4-8-20(14-18)28-12-10-27(11-13-28)17-22-21-15-23-19(2)7-5-9-26(23,3)16-24(21)30-25(22)29/h4,6,8,14,21-24H,2,5,7,9-13,15-17H2,1,3H3/t21-,22-,23-,24-,26-/m1/s1. The van der Waals surface area contributed by atoms with Gasteiger partial charge in [-0.25, -0.2) is 0 Å². The Bertz CT molecular complexity index is 828. The molecule has 4 heteroatoms. The third-order valence-corrected chi connectivity index (χ3v) is 8.51. The van der Waals surface area contributed by atoms with Crippen molar-refractivity contribution in [1.29, 1.82) is 0 Å². The van der Waals surface area contributed by atoms with E-state index < -0.39 is 0 Å². The van der Waals surface area contributed by atoms with Gasteiger partial charge < -0.3 is 9.64 Å². The van der Waals surface area contributed by atoms with Crippen LogP contribution in [-0.4, -0.2) is 49.7 Å². The number of fused-ring (bicyclic) bond motifs is 2. The zero-order valence-corrected chi connectivity index (χ0v) is 18.6. The highest BCUT2D eigenvalue weighted by Crippen LogP contribution is 2.56. The fourth-order valence-corrected chi connectivity index (χ4v) is 6.76. The monoisotopic (exact) mass is 408 g/mol. The van der Waals surface area contributed by atoms with E-state index in [1.54, 1.807) is 0 Å². The van der Waals surface area contributed by atoms with E-state index in [2.05, 4.69) is 54.5 Å². The molecule has 30 heavy (non-hydrogen) atoms. The molecule has 2 saturated carbocycles. The van der Waals surface area contributed by atoms with E-state index >= 15 is 0 Å². The zero-order chi connectivity index (χ0) is 20.9. The number of aryl methyl sites for hydroxylation is 1. The molecule has 0 bridgehead atoms. The van der Waals surface area contributed by atoms with Crippen LogP contribution in [0.5, 0.6) is 0 Å². The summed E-state index contributed by atoms with van der Waals surface area (Å²) < 4.78 is 5.97. The molecule has 0 aromatic heterocycles. The molecule has 5 rings (SSSR count). The summed E-state index contributed by atoms with van der Waals surface area (Å²) >= 11 is 0. The Kier molecular flexibility index (Phi) is 5.17. The number of hydrogen-bond acceptors (Lipinski definition) is 4. The van der Waals surface area contributed by atoms with Gasteiger partial charge in [0.05, 0.1) is 5.92 Å². The molecule has 4 aliphatic rings. The van der Waals surface area contributed by atoms with Gasteiger partial charge in [-0.2, -0.15) is 0 Å². The molecule has 0 unspecified atom stereocenters. The Morgan fingerprint density at radius 3 is 2.80 bits per heavy atom. The molecular weight excluding hydrogens is 372 g/mol. The van der Waals surface area contributed by atoms with Crippen LogP contribution in [0.15, 0.2) is 36.4 Å². The van der Waals surface area contributed by atoms with E-state index in [1.807, 2.05) is 0 Å². The minimum absolute atomic E-state index is 0.0415. The van der Waals surface area contributed by atoms with Crippen LogP contribution in [0.25, 0.3) is 0 Å². The van der Waals surface area contributed by atoms with Crippen LogP contribution in [0.3, 0.4) is 0 Å². The van der Waals surface area contributed by atoms with Crippen molar-refractivity contribution >= 4 is 11.7 Å². The number of anilines is 1. The van der Waals surface area contributed by atoms with E-state index in [1.165, 1.54) is 29.7 Å². The molecule has 0 radical (unpaired) electrons.